The topological polar surface area (TPSA) is 93.1 Å². The first-order valence-electron chi connectivity index (χ1n) is 7.52. The number of aliphatic carboxylic acids is 1. The van der Waals surface area contributed by atoms with E-state index >= 15 is 0 Å². The first-order valence-corrected chi connectivity index (χ1v) is 8.96. The lowest BCUT2D eigenvalue weighted by atomic mass is 10.1. The third-order valence-electron chi connectivity index (χ3n) is 3.65. The number of benzene rings is 1. The Morgan fingerprint density at radius 3 is 2.48 bits per heavy atom. The van der Waals surface area contributed by atoms with Crippen LogP contribution < -0.4 is 9.47 Å². The van der Waals surface area contributed by atoms with Crippen molar-refractivity contribution < 1.29 is 27.8 Å². The van der Waals surface area contributed by atoms with Gasteiger partial charge in [-0.15, -0.1) is 0 Å². The minimum atomic E-state index is -3.74. The molecule has 1 unspecified atom stereocenters. The van der Waals surface area contributed by atoms with Crippen LogP contribution in [0.15, 0.2) is 23.1 Å². The fourth-order valence-corrected chi connectivity index (χ4v) is 4.01. The third-order valence-corrected chi connectivity index (χ3v) is 5.51. The molecule has 7 nitrogen and oxygen atoms in total. The molecule has 1 fully saturated rings. The molecule has 0 bridgehead atoms. The maximum Gasteiger partial charge on any atom is 0.307 e. The van der Waals surface area contributed by atoms with Crippen molar-refractivity contribution in [3.8, 4) is 11.5 Å². The van der Waals surface area contributed by atoms with E-state index in [0.717, 1.165) is 0 Å². The summed E-state index contributed by atoms with van der Waals surface area (Å²) in [6, 6.07) is 4.45. The Bertz CT molecular complexity index is 673. The third kappa shape index (κ3) is 3.76. The molecule has 2 rings (SSSR count). The number of carboxylic acid groups (broad SMARTS) is 1. The van der Waals surface area contributed by atoms with Crippen LogP contribution >= 0.6 is 0 Å². The lowest BCUT2D eigenvalue weighted by Crippen LogP contribution is -2.30. The average Bonchev–Trinajstić information content (AvgIpc) is 3.00. The minimum Gasteiger partial charge on any atom is -0.490 e. The fourth-order valence-electron chi connectivity index (χ4n) is 2.49. The van der Waals surface area contributed by atoms with Gasteiger partial charge in [0.1, 0.15) is 0 Å². The van der Waals surface area contributed by atoms with Crippen LogP contribution in [-0.4, -0.2) is 50.1 Å². The Morgan fingerprint density at radius 1 is 1.26 bits per heavy atom. The molecule has 0 saturated carbocycles. The van der Waals surface area contributed by atoms with Crippen molar-refractivity contribution in [3.05, 3.63) is 18.2 Å². The summed E-state index contributed by atoms with van der Waals surface area (Å²) in [4.78, 5) is 11.1. The zero-order valence-corrected chi connectivity index (χ0v) is 14.0. The Balaban J connectivity index is 2.29. The van der Waals surface area contributed by atoms with Crippen LogP contribution in [-0.2, 0) is 14.8 Å². The maximum absolute atomic E-state index is 12.7. The van der Waals surface area contributed by atoms with E-state index in [1.165, 1.54) is 16.4 Å². The van der Waals surface area contributed by atoms with Gasteiger partial charge in [-0.3, -0.25) is 4.79 Å². The highest BCUT2D eigenvalue weighted by Gasteiger charge is 2.36. The molecule has 128 valence electrons. The van der Waals surface area contributed by atoms with Crippen LogP contribution in [0, 0.1) is 5.92 Å². The molecule has 1 aliphatic heterocycles. The zero-order valence-electron chi connectivity index (χ0n) is 13.2. The molecule has 1 aromatic rings. The lowest BCUT2D eigenvalue weighted by molar-refractivity contribution is -0.141. The number of hydrogen-bond donors (Lipinski definition) is 1. The van der Waals surface area contributed by atoms with Gasteiger partial charge in [0, 0.05) is 19.2 Å². The minimum absolute atomic E-state index is 0.00511. The van der Waals surface area contributed by atoms with Crippen molar-refractivity contribution in [2.24, 2.45) is 5.92 Å². The SMILES string of the molecule is CCOc1ccc(S(=O)(=O)N2CCC(C(=O)O)C2)cc1OCC. The monoisotopic (exact) mass is 343 g/mol. The summed E-state index contributed by atoms with van der Waals surface area (Å²) in [6.45, 7) is 4.66. The number of rotatable bonds is 7. The normalized spacial score (nSPS) is 18.8. The standard InChI is InChI=1S/C15H21NO6S/c1-3-21-13-6-5-12(9-14(13)22-4-2)23(19,20)16-8-7-11(10-16)15(17)18/h5-6,9,11H,3-4,7-8,10H2,1-2H3,(H,17,18). The molecule has 1 heterocycles. The van der Waals surface area contributed by atoms with E-state index in [1.807, 2.05) is 6.92 Å². The zero-order chi connectivity index (χ0) is 17.0. The molecule has 0 aromatic heterocycles. The van der Waals surface area contributed by atoms with Crippen LogP contribution in [0.4, 0.5) is 0 Å². The van der Waals surface area contributed by atoms with Crippen LogP contribution in [0.3, 0.4) is 0 Å². The summed E-state index contributed by atoms with van der Waals surface area (Å²) >= 11 is 0. The second kappa shape index (κ2) is 7.18. The molecular formula is C15H21NO6S. The number of carbonyl (C=O) groups is 1. The second-order valence-corrected chi connectivity index (χ2v) is 7.10. The first kappa shape index (κ1) is 17.6. The maximum atomic E-state index is 12.7. The smallest absolute Gasteiger partial charge is 0.307 e. The first-order chi connectivity index (χ1) is 10.9. The van der Waals surface area contributed by atoms with Gasteiger partial charge >= 0.3 is 5.97 Å². The van der Waals surface area contributed by atoms with E-state index in [-0.39, 0.29) is 18.0 Å². The molecule has 0 radical (unpaired) electrons. The van der Waals surface area contributed by atoms with Gasteiger partial charge in [0.25, 0.3) is 0 Å². The van der Waals surface area contributed by atoms with Crippen LogP contribution in [0.5, 0.6) is 11.5 Å². The molecule has 1 atom stereocenters. The Morgan fingerprint density at radius 2 is 1.91 bits per heavy atom. The van der Waals surface area contributed by atoms with Gasteiger partial charge in [-0.1, -0.05) is 0 Å². The van der Waals surface area contributed by atoms with Gasteiger partial charge in [0.05, 0.1) is 24.0 Å². The van der Waals surface area contributed by atoms with Gasteiger partial charge in [-0.2, -0.15) is 4.31 Å². The van der Waals surface area contributed by atoms with Crippen molar-refractivity contribution in [2.45, 2.75) is 25.2 Å². The largest absolute Gasteiger partial charge is 0.490 e. The number of hydrogen-bond acceptors (Lipinski definition) is 5. The summed E-state index contributed by atoms with van der Waals surface area (Å²) in [6.07, 6.45) is 0.323. The predicted octanol–water partition coefficient (Wildman–Crippen LogP) is 1.58. The number of nitrogens with zero attached hydrogens (tertiary/aromatic N) is 1. The molecule has 23 heavy (non-hydrogen) atoms. The Labute approximate surface area is 135 Å². The molecule has 0 aliphatic carbocycles. The van der Waals surface area contributed by atoms with Gasteiger partial charge in [-0.25, -0.2) is 8.42 Å². The molecule has 0 spiro atoms. The second-order valence-electron chi connectivity index (χ2n) is 5.16. The van der Waals surface area contributed by atoms with Crippen molar-refractivity contribution in [3.63, 3.8) is 0 Å². The van der Waals surface area contributed by atoms with Crippen LogP contribution in [0.1, 0.15) is 20.3 Å². The number of sulfonamides is 1. The van der Waals surface area contributed by atoms with Crippen molar-refractivity contribution >= 4 is 16.0 Å². The van der Waals surface area contributed by atoms with E-state index in [4.69, 9.17) is 14.6 Å². The highest BCUT2D eigenvalue weighted by atomic mass is 32.2. The number of ether oxygens (including phenoxy) is 2. The van der Waals surface area contributed by atoms with Crippen LogP contribution in [0.2, 0.25) is 0 Å². The molecule has 0 amide bonds. The van der Waals surface area contributed by atoms with Gasteiger partial charge in [0.2, 0.25) is 10.0 Å². The summed E-state index contributed by atoms with van der Waals surface area (Å²) < 4.78 is 37.4. The van der Waals surface area contributed by atoms with Crippen molar-refractivity contribution in [2.75, 3.05) is 26.3 Å². The predicted molar refractivity (Wildman–Crippen MR) is 83.3 cm³/mol. The molecule has 1 aromatic carbocycles. The van der Waals surface area contributed by atoms with E-state index in [2.05, 4.69) is 0 Å². The van der Waals surface area contributed by atoms with Crippen molar-refractivity contribution in [1.29, 1.82) is 0 Å². The van der Waals surface area contributed by atoms with E-state index < -0.39 is 21.9 Å². The van der Waals surface area contributed by atoms with Gasteiger partial charge < -0.3 is 14.6 Å². The quantitative estimate of drug-likeness (QED) is 0.808. The number of carboxylic acids is 1. The Kier molecular flexibility index (Phi) is 5.48. The summed E-state index contributed by atoms with van der Waals surface area (Å²) in [5.41, 5.74) is 0. The molecule has 1 saturated heterocycles. The highest BCUT2D eigenvalue weighted by molar-refractivity contribution is 7.89. The lowest BCUT2D eigenvalue weighted by Gasteiger charge is -2.18. The summed E-state index contributed by atoms with van der Waals surface area (Å²) in [5.74, 6) is -0.772. The van der Waals surface area contributed by atoms with Crippen molar-refractivity contribution in [1.82, 2.24) is 4.31 Å². The van der Waals surface area contributed by atoms with E-state index in [0.29, 0.717) is 31.1 Å². The van der Waals surface area contributed by atoms with E-state index in [1.54, 1.807) is 13.0 Å². The summed E-state index contributed by atoms with van der Waals surface area (Å²) in [7, 11) is -3.74. The highest BCUT2D eigenvalue weighted by Crippen LogP contribution is 2.32. The Hall–Kier alpha value is -1.80. The summed E-state index contributed by atoms with van der Waals surface area (Å²) in [5, 5.41) is 9.02. The van der Waals surface area contributed by atoms with Gasteiger partial charge in [-0.05, 0) is 32.4 Å². The average molecular weight is 343 g/mol. The van der Waals surface area contributed by atoms with Crippen LogP contribution in [0.25, 0.3) is 0 Å². The molecular weight excluding hydrogens is 322 g/mol. The molecule has 8 heteroatoms. The molecule has 1 aliphatic rings. The molecule has 1 N–H and O–H groups in total. The van der Waals surface area contributed by atoms with E-state index in [9.17, 15) is 13.2 Å². The fraction of sp³-hybridized carbons (Fsp3) is 0.533. The van der Waals surface area contributed by atoms with Gasteiger partial charge in [0.15, 0.2) is 11.5 Å².